The Morgan fingerprint density at radius 3 is 2.19 bits per heavy atom. The molecule has 0 aliphatic carbocycles. The Morgan fingerprint density at radius 1 is 0.926 bits per heavy atom. The van der Waals surface area contributed by atoms with Crippen molar-refractivity contribution >= 4 is 11.7 Å². The van der Waals surface area contributed by atoms with E-state index < -0.39 is 10.9 Å². The van der Waals surface area contributed by atoms with Crippen molar-refractivity contribution in [3.63, 3.8) is 0 Å². The molecule has 0 fully saturated rings. The van der Waals surface area contributed by atoms with Crippen LogP contribution >= 0.6 is 0 Å². The number of carbonyl (C=O) groups is 1. The molecule has 3 aromatic rings. The largest absolute Gasteiger partial charge is 0.482 e. The Hall–Kier alpha value is -3.67. The SMILES string of the molecule is Cc1cc(OCC(=O)Oc2ccc(-c3ccccc3)cc2)ccc1[N+](=O)[O-]. The van der Waals surface area contributed by atoms with Crippen molar-refractivity contribution in [2.45, 2.75) is 6.92 Å². The number of benzene rings is 3. The van der Waals surface area contributed by atoms with Crippen molar-refractivity contribution in [1.82, 2.24) is 0 Å². The number of nitrogens with zero attached hydrogens (tertiary/aromatic N) is 1. The zero-order valence-corrected chi connectivity index (χ0v) is 14.6. The van der Waals surface area contributed by atoms with E-state index in [9.17, 15) is 14.9 Å². The van der Waals surface area contributed by atoms with E-state index in [0.717, 1.165) is 11.1 Å². The van der Waals surface area contributed by atoms with Crippen LogP contribution in [0.3, 0.4) is 0 Å². The third kappa shape index (κ3) is 4.70. The molecule has 0 aliphatic rings. The predicted molar refractivity (Wildman–Crippen MR) is 101 cm³/mol. The van der Waals surface area contributed by atoms with Gasteiger partial charge in [-0.15, -0.1) is 0 Å². The predicted octanol–water partition coefficient (Wildman–Crippen LogP) is 4.55. The molecule has 6 heteroatoms. The van der Waals surface area contributed by atoms with Crippen LogP contribution < -0.4 is 9.47 Å². The van der Waals surface area contributed by atoms with Crippen LogP contribution in [-0.2, 0) is 4.79 Å². The Kier molecular flexibility index (Phi) is 5.47. The van der Waals surface area contributed by atoms with Gasteiger partial charge in [-0.2, -0.15) is 0 Å². The molecule has 0 bridgehead atoms. The highest BCUT2D eigenvalue weighted by Gasteiger charge is 2.12. The fourth-order valence-electron chi connectivity index (χ4n) is 2.57. The van der Waals surface area contributed by atoms with Crippen LogP contribution in [0.2, 0.25) is 0 Å². The smallest absolute Gasteiger partial charge is 0.349 e. The van der Waals surface area contributed by atoms with Crippen LogP contribution in [0.4, 0.5) is 5.69 Å². The average Bonchev–Trinajstić information content (AvgIpc) is 2.67. The van der Waals surface area contributed by atoms with E-state index in [4.69, 9.17) is 9.47 Å². The molecule has 0 atom stereocenters. The van der Waals surface area contributed by atoms with E-state index in [1.54, 1.807) is 19.1 Å². The van der Waals surface area contributed by atoms with Gasteiger partial charge in [-0.05, 0) is 42.3 Å². The number of hydrogen-bond acceptors (Lipinski definition) is 5. The van der Waals surface area contributed by atoms with Gasteiger partial charge in [-0.1, -0.05) is 42.5 Å². The molecule has 0 heterocycles. The molecule has 3 rings (SSSR count). The quantitative estimate of drug-likeness (QED) is 0.278. The van der Waals surface area contributed by atoms with Crippen LogP contribution in [0.5, 0.6) is 11.5 Å². The molecule has 0 saturated carbocycles. The fourth-order valence-corrected chi connectivity index (χ4v) is 2.57. The monoisotopic (exact) mass is 363 g/mol. The van der Waals surface area contributed by atoms with E-state index in [1.165, 1.54) is 18.2 Å². The first kappa shape index (κ1) is 18.1. The van der Waals surface area contributed by atoms with Gasteiger partial charge in [-0.25, -0.2) is 4.79 Å². The Labute approximate surface area is 156 Å². The van der Waals surface area contributed by atoms with Crippen LogP contribution in [0.1, 0.15) is 5.56 Å². The topological polar surface area (TPSA) is 78.7 Å². The van der Waals surface area contributed by atoms with Crippen molar-refractivity contribution < 1.29 is 19.2 Å². The van der Waals surface area contributed by atoms with Gasteiger partial charge in [0.2, 0.25) is 0 Å². The molecule has 136 valence electrons. The summed E-state index contributed by atoms with van der Waals surface area (Å²) < 4.78 is 10.6. The second-order valence-corrected chi connectivity index (χ2v) is 5.86. The van der Waals surface area contributed by atoms with Gasteiger partial charge in [0.25, 0.3) is 5.69 Å². The molecule has 0 saturated heterocycles. The number of esters is 1. The minimum atomic E-state index is -0.557. The first-order valence-corrected chi connectivity index (χ1v) is 8.27. The number of ether oxygens (including phenoxy) is 2. The minimum Gasteiger partial charge on any atom is -0.482 e. The highest BCUT2D eigenvalue weighted by molar-refractivity contribution is 5.74. The highest BCUT2D eigenvalue weighted by Crippen LogP contribution is 2.24. The Morgan fingerprint density at radius 2 is 1.56 bits per heavy atom. The van der Waals surface area contributed by atoms with Gasteiger partial charge < -0.3 is 9.47 Å². The van der Waals surface area contributed by atoms with E-state index in [0.29, 0.717) is 17.1 Å². The van der Waals surface area contributed by atoms with Gasteiger partial charge in [0.15, 0.2) is 6.61 Å². The summed E-state index contributed by atoms with van der Waals surface area (Å²) in [6.45, 7) is 1.31. The van der Waals surface area contributed by atoms with Crippen LogP contribution in [-0.4, -0.2) is 17.5 Å². The molecular weight excluding hydrogens is 346 g/mol. The number of aryl methyl sites for hydroxylation is 1. The van der Waals surface area contributed by atoms with E-state index >= 15 is 0 Å². The summed E-state index contributed by atoms with van der Waals surface area (Å²) in [6, 6.07) is 21.4. The third-order valence-electron chi connectivity index (χ3n) is 3.91. The Balaban J connectivity index is 1.56. The lowest BCUT2D eigenvalue weighted by Crippen LogP contribution is -2.17. The lowest BCUT2D eigenvalue weighted by molar-refractivity contribution is -0.385. The van der Waals surface area contributed by atoms with Gasteiger partial charge in [0.05, 0.1) is 4.92 Å². The molecule has 0 amide bonds. The van der Waals surface area contributed by atoms with Crippen molar-refractivity contribution in [3.05, 3.63) is 88.5 Å². The van der Waals surface area contributed by atoms with E-state index in [-0.39, 0.29) is 12.3 Å². The summed E-state index contributed by atoms with van der Waals surface area (Å²) >= 11 is 0. The van der Waals surface area contributed by atoms with Crippen molar-refractivity contribution in [3.8, 4) is 22.6 Å². The molecule has 0 aliphatic heterocycles. The molecular formula is C21H17NO5. The second-order valence-electron chi connectivity index (χ2n) is 5.86. The zero-order valence-electron chi connectivity index (χ0n) is 14.6. The third-order valence-corrected chi connectivity index (χ3v) is 3.91. The number of hydrogen-bond donors (Lipinski definition) is 0. The Bertz CT molecular complexity index is 952. The summed E-state index contributed by atoms with van der Waals surface area (Å²) in [6.07, 6.45) is 0. The molecule has 0 radical (unpaired) electrons. The van der Waals surface area contributed by atoms with Crippen LogP contribution in [0, 0.1) is 17.0 Å². The minimum absolute atomic E-state index is 0.00318. The highest BCUT2D eigenvalue weighted by atomic mass is 16.6. The van der Waals surface area contributed by atoms with Crippen molar-refractivity contribution in [2.75, 3.05) is 6.61 Å². The van der Waals surface area contributed by atoms with E-state index in [1.807, 2.05) is 42.5 Å². The zero-order chi connectivity index (χ0) is 19.2. The van der Waals surface area contributed by atoms with Crippen molar-refractivity contribution in [2.24, 2.45) is 0 Å². The lowest BCUT2D eigenvalue weighted by Gasteiger charge is -2.08. The summed E-state index contributed by atoms with van der Waals surface area (Å²) in [4.78, 5) is 22.3. The fraction of sp³-hybridized carbons (Fsp3) is 0.0952. The molecule has 6 nitrogen and oxygen atoms in total. The van der Waals surface area contributed by atoms with Crippen LogP contribution in [0.25, 0.3) is 11.1 Å². The summed E-state index contributed by atoms with van der Waals surface area (Å²) in [5.41, 5.74) is 2.56. The van der Waals surface area contributed by atoms with Gasteiger partial charge in [0.1, 0.15) is 11.5 Å². The molecule has 0 N–H and O–H groups in total. The summed E-state index contributed by atoms with van der Waals surface area (Å²) in [7, 11) is 0. The molecule has 0 aromatic heterocycles. The van der Waals surface area contributed by atoms with Crippen molar-refractivity contribution in [1.29, 1.82) is 0 Å². The van der Waals surface area contributed by atoms with E-state index in [2.05, 4.69) is 0 Å². The number of carbonyl (C=O) groups excluding carboxylic acids is 1. The number of nitro benzene ring substituents is 1. The van der Waals surface area contributed by atoms with Crippen LogP contribution in [0.15, 0.2) is 72.8 Å². The molecule has 27 heavy (non-hydrogen) atoms. The lowest BCUT2D eigenvalue weighted by atomic mass is 10.1. The van der Waals surface area contributed by atoms with Gasteiger partial charge in [-0.3, -0.25) is 10.1 Å². The normalized spacial score (nSPS) is 10.3. The summed E-state index contributed by atoms with van der Waals surface area (Å²) in [5.74, 6) is 0.233. The standard InChI is InChI=1S/C21H17NO5/c1-15-13-19(11-12-20(15)22(24)25)26-14-21(23)27-18-9-7-17(8-10-18)16-5-3-2-4-6-16/h2-13H,14H2,1H3. The molecule has 0 unspecified atom stereocenters. The molecule has 0 spiro atoms. The second kappa shape index (κ2) is 8.14. The van der Waals surface area contributed by atoms with Gasteiger partial charge in [0, 0.05) is 11.6 Å². The maximum atomic E-state index is 11.9. The first-order valence-electron chi connectivity index (χ1n) is 8.27. The number of rotatable bonds is 6. The average molecular weight is 363 g/mol. The van der Waals surface area contributed by atoms with Gasteiger partial charge >= 0.3 is 5.97 Å². The summed E-state index contributed by atoms with van der Waals surface area (Å²) in [5, 5.41) is 10.8. The maximum Gasteiger partial charge on any atom is 0.349 e. The maximum absolute atomic E-state index is 11.9. The molecule has 3 aromatic carbocycles. The first-order chi connectivity index (χ1) is 13.0. The number of nitro groups is 1.